The van der Waals surface area contributed by atoms with Gasteiger partial charge in [-0.25, -0.2) is 0 Å². The van der Waals surface area contributed by atoms with Gasteiger partial charge in [-0.1, -0.05) is 40.2 Å². The molecule has 2 aromatic carbocycles. The number of phenolic OH excluding ortho intramolecular Hbond substituents is 1. The molecule has 0 fully saturated rings. The number of aliphatic hydroxyl groups is 1. The summed E-state index contributed by atoms with van der Waals surface area (Å²) < 4.78 is 0.925. The molecule has 3 heteroatoms. The lowest BCUT2D eigenvalue weighted by molar-refractivity contribution is 0.177. The number of hydrogen-bond acceptors (Lipinski definition) is 2. The molecule has 1 unspecified atom stereocenters. The summed E-state index contributed by atoms with van der Waals surface area (Å²) in [5, 5.41) is 19.4. The standard InChI is InChI=1S/C15H15BrO2/c1-10-2-7-13(14(16)8-10)15(18)9-11-3-5-12(17)6-4-11/h2-8,15,17-18H,9H2,1H3. The predicted molar refractivity (Wildman–Crippen MR) is 75.6 cm³/mol. The molecule has 2 rings (SSSR count). The number of benzene rings is 2. The molecule has 0 amide bonds. The van der Waals surface area contributed by atoms with E-state index in [2.05, 4.69) is 15.9 Å². The van der Waals surface area contributed by atoms with Crippen molar-refractivity contribution in [3.05, 3.63) is 63.6 Å². The van der Waals surface area contributed by atoms with Crippen molar-refractivity contribution in [3.8, 4) is 5.75 Å². The first-order chi connectivity index (χ1) is 8.56. The molecule has 2 N–H and O–H groups in total. The highest BCUT2D eigenvalue weighted by molar-refractivity contribution is 9.10. The Bertz CT molecular complexity index is 535. The molecule has 18 heavy (non-hydrogen) atoms. The van der Waals surface area contributed by atoms with E-state index in [1.807, 2.05) is 37.3 Å². The summed E-state index contributed by atoms with van der Waals surface area (Å²) in [5.74, 6) is 0.241. The lowest BCUT2D eigenvalue weighted by Crippen LogP contribution is -2.02. The quantitative estimate of drug-likeness (QED) is 0.907. The zero-order valence-corrected chi connectivity index (χ0v) is 11.7. The molecule has 2 aromatic rings. The van der Waals surface area contributed by atoms with Gasteiger partial charge in [0, 0.05) is 10.9 Å². The van der Waals surface area contributed by atoms with Crippen LogP contribution < -0.4 is 0 Å². The first-order valence-corrected chi connectivity index (χ1v) is 6.57. The van der Waals surface area contributed by atoms with Crippen molar-refractivity contribution in [1.82, 2.24) is 0 Å². The molecule has 0 spiro atoms. The summed E-state index contributed by atoms with van der Waals surface area (Å²) in [5.41, 5.74) is 3.03. The molecular weight excluding hydrogens is 292 g/mol. The molecule has 0 bridgehead atoms. The lowest BCUT2D eigenvalue weighted by atomic mass is 10.0. The summed E-state index contributed by atoms with van der Waals surface area (Å²) in [7, 11) is 0. The van der Waals surface area contributed by atoms with Crippen molar-refractivity contribution in [2.75, 3.05) is 0 Å². The lowest BCUT2D eigenvalue weighted by Gasteiger charge is -2.13. The van der Waals surface area contributed by atoms with Gasteiger partial charge in [0.15, 0.2) is 0 Å². The molecule has 0 aliphatic rings. The number of aliphatic hydroxyl groups excluding tert-OH is 1. The summed E-state index contributed by atoms with van der Waals surface area (Å²) >= 11 is 3.47. The minimum atomic E-state index is -0.551. The van der Waals surface area contributed by atoms with Crippen LogP contribution in [0.3, 0.4) is 0 Å². The van der Waals surface area contributed by atoms with Gasteiger partial charge in [-0.2, -0.15) is 0 Å². The zero-order valence-electron chi connectivity index (χ0n) is 10.1. The Kier molecular flexibility index (Phi) is 4.04. The molecule has 0 aromatic heterocycles. The Morgan fingerprint density at radius 1 is 1.11 bits per heavy atom. The van der Waals surface area contributed by atoms with Gasteiger partial charge in [0.1, 0.15) is 5.75 Å². The maximum Gasteiger partial charge on any atom is 0.115 e. The smallest absolute Gasteiger partial charge is 0.115 e. The van der Waals surface area contributed by atoms with Crippen molar-refractivity contribution in [2.24, 2.45) is 0 Å². The van der Waals surface area contributed by atoms with Gasteiger partial charge < -0.3 is 10.2 Å². The van der Waals surface area contributed by atoms with Gasteiger partial charge in [-0.15, -0.1) is 0 Å². The van der Waals surface area contributed by atoms with Crippen molar-refractivity contribution < 1.29 is 10.2 Å². The summed E-state index contributed by atoms with van der Waals surface area (Å²) in [6, 6.07) is 12.8. The monoisotopic (exact) mass is 306 g/mol. The van der Waals surface area contributed by atoms with Crippen LogP contribution in [0.15, 0.2) is 46.9 Å². The molecule has 1 atom stereocenters. The molecule has 94 valence electrons. The van der Waals surface area contributed by atoms with Gasteiger partial charge in [0.05, 0.1) is 6.10 Å². The normalized spacial score (nSPS) is 12.4. The van der Waals surface area contributed by atoms with Crippen LogP contribution in [-0.2, 0) is 6.42 Å². The molecular formula is C15H15BrO2. The SMILES string of the molecule is Cc1ccc(C(O)Cc2ccc(O)cc2)c(Br)c1. The highest BCUT2D eigenvalue weighted by Gasteiger charge is 2.12. The van der Waals surface area contributed by atoms with Gasteiger partial charge >= 0.3 is 0 Å². The molecule has 0 radical (unpaired) electrons. The van der Waals surface area contributed by atoms with Crippen LogP contribution in [0.25, 0.3) is 0 Å². The van der Waals surface area contributed by atoms with E-state index >= 15 is 0 Å². The third-order valence-electron chi connectivity index (χ3n) is 2.88. The summed E-state index contributed by atoms with van der Waals surface area (Å²) in [6.07, 6.45) is -0.0217. The highest BCUT2D eigenvalue weighted by atomic mass is 79.9. The largest absolute Gasteiger partial charge is 0.508 e. The number of phenols is 1. The number of rotatable bonds is 3. The average Bonchev–Trinajstić information content (AvgIpc) is 2.32. The van der Waals surface area contributed by atoms with E-state index in [1.54, 1.807) is 12.1 Å². The van der Waals surface area contributed by atoms with E-state index in [0.29, 0.717) is 6.42 Å². The van der Waals surface area contributed by atoms with Crippen molar-refractivity contribution >= 4 is 15.9 Å². The first-order valence-electron chi connectivity index (χ1n) is 5.78. The Labute approximate surface area is 115 Å². The van der Waals surface area contributed by atoms with E-state index in [1.165, 1.54) is 0 Å². The molecule has 0 saturated carbocycles. The second-order valence-corrected chi connectivity index (χ2v) is 5.27. The Morgan fingerprint density at radius 3 is 2.39 bits per heavy atom. The molecule has 0 saturated heterocycles. The second-order valence-electron chi connectivity index (χ2n) is 4.41. The fourth-order valence-corrected chi connectivity index (χ4v) is 2.63. The number of hydrogen-bond donors (Lipinski definition) is 2. The fourth-order valence-electron chi connectivity index (χ4n) is 1.87. The van der Waals surface area contributed by atoms with E-state index in [9.17, 15) is 10.2 Å². The maximum atomic E-state index is 10.2. The number of aryl methyl sites for hydroxylation is 1. The van der Waals surface area contributed by atoms with Gasteiger partial charge in [0.25, 0.3) is 0 Å². The second kappa shape index (κ2) is 5.55. The highest BCUT2D eigenvalue weighted by Crippen LogP contribution is 2.27. The van der Waals surface area contributed by atoms with E-state index < -0.39 is 6.10 Å². The topological polar surface area (TPSA) is 40.5 Å². The summed E-state index contributed by atoms with van der Waals surface area (Å²) in [6.45, 7) is 2.01. The average molecular weight is 307 g/mol. The molecule has 0 aliphatic carbocycles. The van der Waals surface area contributed by atoms with Crippen LogP contribution in [0, 0.1) is 6.92 Å². The van der Waals surface area contributed by atoms with Crippen molar-refractivity contribution in [2.45, 2.75) is 19.4 Å². The Morgan fingerprint density at radius 2 is 1.78 bits per heavy atom. The van der Waals surface area contributed by atoms with E-state index in [-0.39, 0.29) is 5.75 Å². The molecule has 0 heterocycles. The number of halogens is 1. The summed E-state index contributed by atoms with van der Waals surface area (Å²) in [4.78, 5) is 0. The first kappa shape index (κ1) is 13.1. The Balaban J connectivity index is 2.16. The van der Waals surface area contributed by atoms with E-state index in [4.69, 9.17) is 0 Å². The van der Waals surface area contributed by atoms with E-state index in [0.717, 1.165) is 21.2 Å². The zero-order chi connectivity index (χ0) is 13.1. The minimum Gasteiger partial charge on any atom is -0.508 e. The maximum absolute atomic E-state index is 10.2. The molecule has 0 aliphatic heterocycles. The van der Waals surface area contributed by atoms with Gasteiger partial charge in [-0.05, 0) is 41.8 Å². The van der Waals surface area contributed by atoms with Crippen LogP contribution >= 0.6 is 15.9 Å². The number of aromatic hydroxyl groups is 1. The van der Waals surface area contributed by atoms with Crippen molar-refractivity contribution in [1.29, 1.82) is 0 Å². The van der Waals surface area contributed by atoms with Crippen LogP contribution in [0.1, 0.15) is 22.8 Å². The third kappa shape index (κ3) is 3.12. The van der Waals surface area contributed by atoms with Crippen LogP contribution in [-0.4, -0.2) is 10.2 Å². The van der Waals surface area contributed by atoms with Gasteiger partial charge in [0.2, 0.25) is 0 Å². The fraction of sp³-hybridized carbons (Fsp3) is 0.200. The van der Waals surface area contributed by atoms with Crippen LogP contribution in [0.2, 0.25) is 0 Å². The van der Waals surface area contributed by atoms with Crippen LogP contribution in [0.5, 0.6) is 5.75 Å². The van der Waals surface area contributed by atoms with Gasteiger partial charge in [-0.3, -0.25) is 0 Å². The minimum absolute atomic E-state index is 0.241. The van der Waals surface area contributed by atoms with Crippen molar-refractivity contribution in [3.63, 3.8) is 0 Å². The molecule has 2 nitrogen and oxygen atoms in total. The van der Waals surface area contributed by atoms with Crippen LogP contribution in [0.4, 0.5) is 0 Å². The predicted octanol–water partition coefficient (Wildman–Crippen LogP) is 3.74. The Hall–Kier alpha value is -1.32. The third-order valence-corrected chi connectivity index (χ3v) is 3.57.